The molecule has 1 aliphatic rings. The molecule has 4 nitrogen and oxygen atoms in total. The zero-order valence-electron chi connectivity index (χ0n) is 11.6. The van der Waals surface area contributed by atoms with Crippen molar-refractivity contribution in [3.05, 3.63) is 39.7 Å². The van der Waals surface area contributed by atoms with Crippen molar-refractivity contribution >= 4 is 16.8 Å². The third-order valence-electron chi connectivity index (χ3n) is 3.83. The number of carbonyl (C=O) groups is 1. The minimum atomic E-state index is -0.506. The molecular weight excluding hydrogens is 256 g/mol. The van der Waals surface area contributed by atoms with E-state index in [2.05, 4.69) is 0 Å². The number of carbonyl (C=O) groups excluding carboxylic acids is 1. The molecule has 1 atom stereocenters. The zero-order chi connectivity index (χ0) is 14.3. The van der Waals surface area contributed by atoms with Gasteiger partial charge in [-0.25, -0.2) is 4.79 Å². The highest BCUT2D eigenvalue weighted by molar-refractivity contribution is 5.83. The first-order valence-electron chi connectivity index (χ1n) is 6.82. The van der Waals surface area contributed by atoms with Gasteiger partial charge in [-0.3, -0.25) is 4.79 Å². The Morgan fingerprint density at radius 3 is 2.80 bits per heavy atom. The molecule has 0 saturated heterocycles. The Hall–Kier alpha value is -2.10. The Balaban J connectivity index is 2.06. The summed E-state index contributed by atoms with van der Waals surface area (Å²) in [7, 11) is 0. The van der Waals surface area contributed by atoms with E-state index in [4.69, 9.17) is 9.15 Å². The van der Waals surface area contributed by atoms with E-state index < -0.39 is 6.10 Å². The lowest BCUT2D eigenvalue weighted by Crippen LogP contribution is -2.20. The van der Waals surface area contributed by atoms with E-state index in [1.165, 1.54) is 6.92 Å². The highest BCUT2D eigenvalue weighted by Gasteiger charge is 2.20. The number of aryl methyl sites for hydroxylation is 1. The predicted octanol–water partition coefficient (Wildman–Crippen LogP) is 2.64. The molecule has 1 aliphatic carbocycles. The van der Waals surface area contributed by atoms with Gasteiger partial charge in [0.05, 0.1) is 0 Å². The molecule has 0 N–H and O–H groups in total. The minimum Gasteiger partial charge on any atom is -0.483 e. The smallest absolute Gasteiger partial charge is 0.339 e. The van der Waals surface area contributed by atoms with Crippen molar-refractivity contribution in [2.75, 3.05) is 0 Å². The van der Waals surface area contributed by atoms with E-state index in [0.717, 1.165) is 35.8 Å². The Morgan fingerprint density at radius 1 is 1.30 bits per heavy atom. The van der Waals surface area contributed by atoms with Crippen LogP contribution in [0.15, 0.2) is 27.4 Å². The van der Waals surface area contributed by atoms with Crippen molar-refractivity contribution in [2.24, 2.45) is 0 Å². The fraction of sp³-hybridized carbons (Fsp3) is 0.375. The first-order valence-corrected chi connectivity index (χ1v) is 6.82. The summed E-state index contributed by atoms with van der Waals surface area (Å²) < 4.78 is 10.9. The van der Waals surface area contributed by atoms with E-state index in [0.29, 0.717) is 11.3 Å². The number of benzene rings is 1. The number of hydrogen-bond acceptors (Lipinski definition) is 4. The van der Waals surface area contributed by atoms with Gasteiger partial charge in [0.15, 0.2) is 11.9 Å². The van der Waals surface area contributed by atoms with Gasteiger partial charge < -0.3 is 9.15 Å². The maximum Gasteiger partial charge on any atom is 0.339 e. The van der Waals surface area contributed by atoms with Gasteiger partial charge in [-0.1, -0.05) is 0 Å². The summed E-state index contributed by atoms with van der Waals surface area (Å²) in [6.45, 7) is 3.18. The van der Waals surface area contributed by atoms with Gasteiger partial charge in [0.25, 0.3) is 0 Å². The molecule has 0 spiro atoms. The molecule has 4 heteroatoms. The molecule has 20 heavy (non-hydrogen) atoms. The molecule has 0 aliphatic heterocycles. The number of ether oxygens (including phenoxy) is 1. The van der Waals surface area contributed by atoms with Crippen LogP contribution in [0.2, 0.25) is 0 Å². The van der Waals surface area contributed by atoms with Crippen molar-refractivity contribution in [2.45, 2.75) is 39.2 Å². The van der Waals surface area contributed by atoms with Crippen molar-refractivity contribution in [3.8, 4) is 5.75 Å². The molecule has 104 valence electrons. The summed E-state index contributed by atoms with van der Waals surface area (Å²) in [4.78, 5) is 23.1. The van der Waals surface area contributed by atoms with Crippen molar-refractivity contribution in [3.63, 3.8) is 0 Å². The van der Waals surface area contributed by atoms with Crippen LogP contribution in [0.25, 0.3) is 11.0 Å². The van der Waals surface area contributed by atoms with Crippen molar-refractivity contribution < 1.29 is 13.9 Å². The summed E-state index contributed by atoms with van der Waals surface area (Å²) in [5, 5.41) is 0.972. The molecule has 0 radical (unpaired) electrons. The Labute approximate surface area is 116 Å². The monoisotopic (exact) mass is 272 g/mol. The van der Waals surface area contributed by atoms with Crippen LogP contribution in [0.4, 0.5) is 0 Å². The maximum atomic E-state index is 11.9. The SMILES string of the molecule is CC(=O)[C@@H](C)Oc1ccc2c3c(c(=O)oc2c1)CCC3. The average Bonchev–Trinajstić information content (AvgIpc) is 2.88. The average molecular weight is 272 g/mol. The van der Waals surface area contributed by atoms with Crippen molar-refractivity contribution in [1.82, 2.24) is 0 Å². The summed E-state index contributed by atoms with van der Waals surface area (Å²) >= 11 is 0. The number of fused-ring (bicyclic) bond motifs is 3. The van der Waals surface area contributed by atoms with Crippen LogP contribution >= 0.6 is 0 Å². The largest absolute Gasteiger partial charge is 0.483 e. The van der Waals surface area contributed by atoms with E-state index in [9.17, 15) is 9.59 Å². The molecule has 3 rings (SSSR count). The van der Waals surface area contributed by atoms with Crippen LogP contribution in [-0.4, -0.2) is 11.9 Å². The van der Waals surface area contributed by atoms with Crippen LogP contribution < -0.4 is 10.4 Å². The van der Waals surface area contributed by atoms with Gasteiger partial charge in [-0.05, 0) is 50.8 Å². The highest BCUT2D eigenvalue weighted by atomic mass is 16.5. The molecule has 1 aromatic carbocycles. The quantitative estimate of drug-likeness (QED) is 0.806. The number of Topliss-reactive ketones (excluding diaryl/α,β-unsaturated/α-hetero) is 1. The van der Waals surface area contributed by atoms with E-state index >= 15 is 0 Å². The molecule has 0 bridgehead atoms. The van der Waals surface area contributed by atoms with Crippen LogP contribution in [0, 0.1) is 0 Å². The third kappa shape index (κ3) is 2.11. The first-order chi connectivity index (χ1) is 9.56. The van der Waals surface area contributed by atoms with Gasteiger partial charge in [-0.2, -0.15) is 0 Å². The highest BCUT2D eigenvalue weighted by Crippen LogP contribution is 2.29. The third-order valence-corrected chi connectivity index (χ3v) is 3.83. The zero-order valence-corrected chi connectivity index (χ0v) is 11.6. The van der Waals surface area contributed by atoms with Crippen LogP contribution in [0.5, 0.6) is 5.75 Å². The second-order valence-electron chi connectivity index (χ2n) is 5.23. The summed E-state index contributed by atoms with van der Waals surface area (Å²) in [5.41, 5.74) is 2.19. The lowest BCUT2D eigenvalue weighted by Gasteiger charge is -2.12. The summed E-state index contributed by atoms with van der Waals surface area (Å²) in [6, 6.07) is 5.42. The van der Waals surface area contributed by atoms with Gasteiger partial charge in [0.1, 0.15) is 11.3 Å². The number of ketones is 1. The van der Waals surface area contributed by atoms with Crippen LogP contribution in [0.1, 0.15) is 31.4 Å². The minimum absolute atomic E-state index is 0.0412. The fourth-order valence-electron chi connectivity index (χ4n) is 2.62. The second-order valence-corrected chi connectivity index (χ2v) is 5.23. The molecule has 0 unspecified atom stereocenters. The van der Waals surface area contributed by atoms with Crippen molar-refractivity contribution in [1.29, 1.82) is 0 Å². The second kappa shape index (κ2) is 4.78. The molecule has 0 saturated carbocycles. The van der Waals surface area contributed by atoms with Gasteiger partial charge >= 0.3 is 5.63 Å². The Morgan fingerprint density at radius 2 is 2.05 bits per heavy atom. The van der Waals surface area contributed by atoms with Gasteiger partial charge in [-0.15, -0.1) is 0 Å². The van der Waals surface area contributed by atoms with Gasteiger partial charge in [0.2, 0.25) is 0 Å². The molecule has 1 aromatic heterocycles. The molecule has 0 amide bonds. The van der Waals surface area contributed by atoms with E-state index in [1.54, 1.807) is 13.0 Å². The lowest BCUT2D eigenvalue weighted by atomic mass is 10.1. The van der Waals surface area contributed by atoms with E-state index in [1.807, 2.05) is 12.1 Å². The van der Waals surface area contributed by atoms with E-state index in [-0.39, 0.29) is 11.4 Å². The molecule has 2 aromatic rings. The molecule has 1 heterocycles. The topological polar surface area (TPSA) is 56.5 Å². The maximum absolute atomic E-state index is 11.9. The van der Waals surface area contributed by atoms with Gasteiger partial charge in [0, 0.05) is 17.0 Å². The molecular formula is C16H16O4. The first kappa shape index (κ1) is 12.9. The number of hydrogen-bond donors (Lipinski definition) is 0. The van der Waals surface area contributed by atoms with Crippen LogP contribution in [-0.2, 0) is 17.6 Å². The summed E-state index contributed by atoms with van der Waals surface area (Å²) in [5.74, 6) is 0.502. The Bertz CT molecular complexity index is 742. The fourth-order valence-corrected chi connectivity index (χ4v) is 2.62. The Kier molecular flexibility index (Phi) is 3.08. The lowest BCUT2D eigenvalue weighted by molar-refractivity contribution is -0.122. The molecule has 0 fully saturated rings. The van der Waals surface area contributed by atoms with Crippen LogP contribution in [0.3, 0.4) is 0 Å². The number of rotatable bonds is 3. The summed E-state index contributed by atoms with van der Waals surface area (Å²) in [6.07, 6.45) is 2.21. The predicted molar refractivity (Wildman–Crippen MR) is 75.3 cm³/mol. The standard InChI is InChI=1S/C16H16O4/c1-9(17)10(2)19-11-6-7-13-12-4-3-5-14(12)16(18)20-15(13)8-11/h6-8,10H,3-5H2,1-2H3/t10-/m1/s1. The normalized spacial score (nSPS) is 15.1.